The normalized spacial score (nSPS) is 13.4. The summed E-state index contributed by atoms with van der Waals surface area (Å²) >= 11 is 6.06. The summed E-state index contributed by atoms with van der Waals surface area (Å²) in [7, 11) is 1.62. The second-order valence-electron chi connectivity index (χ2n) is 7.04. The molecule has 158 valence electrons. The highest BCUT2D eigenvalue weighted by Gasteiger charge is 2.09. The average Bonchev–Trinajstić information content (AvgIpc) is 2.72. The van der Waals surface area contributed by atoms with Crippen LogP contribution in [0.3, 0.4) is 0 Å². The van der Waals surface area contributed by atoms with Crippen LogP contribution in [0.25, 0.3) is 0 Å². The standard InChI is InChI=1S/C23H27ClFNO2.ClH/c1-27-23-13-18(15-26-12-11-17-5-3-2-4-6-17)7-10-22(23)28-16-19-8-9-20(25)14-21(19)24;/h5,7-10,13-14,26H,2-4,6,11-12,15-16H2,1H3;1H. The summed E-state index contributed by atoms with van der Waals surface area (Å²) in [6, 6.07) is 10.2. The summed E-state index contributed by atoms with van der Waals surface area (Å²) < 4.78 is 24.5. The lowest BCUT2D eigenvalue weighted by Gasteiger charge is -2.14. The van der Waals surface area contributed by atoms with Crippen LogP contribution in [-0.2, 0) is 13.2 Å². The molecule has 3 rings (SSSR count). The van der Waals surface area contributed by atoms with Gasteiger partial charge in [-0.15, -0.1) is 12.4 Å². The summed E-state index contributed by atoms with van der Waals surface area (Å²) in [5, 5.41) is 3.85. The molecule has 1 aliphatic rings. The van der Waals surface area contributed by atoms with E-state index in [1.165, 1.54) is 37.8 Å². The van der Waals surface area contributed by atoms with Crippen LogP contribution in [-0.4, -0.2) is 13.7 Å². The molecule has 1 N–H and O–H groups in total. The van der Waals surface area contributed by atoms with Crippen LogP contribution in [0.15, 0.2) is 48.0 Å². The van der Waals surface area contributed by atoms with E-state index in [0.29, 0.717) is 16.5 Å². The van der Waals surface area contributed by atoms with Gasteiger partial charge in [0, 0.05) is 12.1 Å². The van der Waals surface area contributed by atoms with E-state index in [1.807, 2.05) is 18.2 Å². The highest BCUT2D eigenvalue weighted by molar-refractivity contribution is 6.31. The first kappa shape index (κ1) is 23.5. The van der Waals surface area contributed by atoms with Gasteiger partial charge in [-0.05, 0) is 68.5 Å². The van der Waals surface area contributed by atoms with Gasteiger partial charge in [-0.3, -0.25) is 0 Å². The molecule has 6 heteroatoms. The van der Waals surface area contributed by atoms with Crippen molar-refractivity contribution < 1.29 is 13.9 Å². The summed E-state index contributed by atoms with van der Waals surface area (Å²) in [4.78, 5) is 0. The first-order valence-corrected chi connectivity index (χ1v) is 10.2. The Kier molecular flexibility index (Phi) is 9.79. The number of nitrogens with one attached hydrogen (secondary N) is 1. The van der Waals surface area contributed by atoms with Crippen LogP contribution in [0.4, 0.5) is 4.39 Å². The van der Waals surface area contributed by atoms with Crippen LogP contribution in [0.5, 0.6) is 11.5 Å². The highest BCUT2D eigenvalue weighted by Crippen LogP contribution is 2.30. The minimum atomic E-state index is -0.358. The number of halogens is 3. The maximum Gasteiger partial charge on any atom is 0.161 e. The van der Waals surface area contributed by atoms with Gasteiger partial charge >= 0.3 is 0 Å². The van der Waals surface area contributed by atoms with Gasteiger partial charge in [0.1, 0.15) is 12.4 Å². The van der Waals surface area contributed by atoms with Crippen molar-refractivity contribution in [3.8, 4) is 11.5 Å². The fourth-order valence-electron chi connectivity index (χ4n) is 3.35. The summed E-state index contributed by atoms with van der Waals surface area (Å²) in [5.41, 5.74) is 3.45. The van der Waals surface area contributed by atoms with E-state index in [2.05, 4.69) is 11.4 Å². The van der Waals surface area contributed by atoms with Gasteiger partial charge in [-0.1, -0.05) is 35.4 Å². The van der Waals surface area contributed by atoms with E-state index < -0.39 is 0 Å². The van der Waals surface area contributed by atoms with E-state index in [-0.39, 0.29) is 24.8 Å². The second kappa shape index (κ2) is 12.1. The molecule has 0 atom stereocenters. The lowest BCUT2D eigenvalue weighted by molar-refractivity contribution is 0.284. The fraction of sp³-hybridized carbons (Fsp3) is 0.391. The van der Waals surface area contributed by atoms with Crippen LogP contribution in [0, 0.1) is 5.82 Å². The molecular weight excluding hydrogens is 412 g/mol. The number of hydrogen-bond donors (Lipinski definition) is 1. The Morgan fingerprint density at radius 1 is 1.10 bits per heavy atom. The Labute approximate surface area is 183 Å². The van der Waals surface area contributed by atoms with Gasteiger partial charge < -0.3 is 14.8 Å². The number of methoxy groups -OCH3 is 1. The van der Waals surface area contributed by atoms with Crippen molar-refractivity contribution in [1.29, 1.82) is 0 Å². The molecule has 0 unspecified atom stereocenters. The topological polar surface area (TPSA) is 30.5 Å². The maximum atomic E-state index is 13.2. The lowest BCUT2D eigenvalue weighted by atomic mass is 9.97. The quantitative estimate of drug-likeness (QED) is 0.358. The summed E-state index contributed by atoms with van der Waals surface area (Å²) in [6.45, 7) is 2.02. The van der Waals surface area contributed by atoms with Crippen LogP contribution >= 0.6 is 24.0 Å². The SMILES string of the molecule is COc1cc(CNCCC2=CCCCC2)ccc1OCc1ccc(F)cc1Cl.Cl. The molecule has 0 fully saturated rings. The van der Waals surface area contributed by atoms with Crippen LogP contribution in [0.1, 0.15) is 43.2 Å². The van der Waals surface area contributed by atoms with Crippen molar-refractivity contribution >= 4 is 24.0 Å². The highest BCUT2D eigenvalue weighted by atomic mass is 35.5. The van der Waals surface area contributed by atoms with Crippen LogP contribution in [0.2, 0.25) is 5.02 Å². The second-order valence-corrected chi connectivity index (χ2v) is 7.45. The number of allylic oxidation sites excluding steroid dienone is 1. The van der Waals surface area contributed by atoms with E-state index >= 15 is 0 Å². The summed E-state index contributed by atoms with van der Waals surface area (Å²) in [5.74, 6) is 0.953. The zero-order valence-corrected chi connectivity index (χ0v) is 18.3. The smallest absolute Gasteiger partial charge is 0.161 e. The Bertz CT molecular complexity index is 827. The molecule has 3 nitrogen and oxygen atoms in total. The minimum Gasteiger partial charge on any atom is -0.493 e. The molecule has 2 aromatic rings. The monoisotopic (exact) mass is 439 g/mol. The summed E-state index contributed by atoms with van der Waals surface area (Å²) in [6.07, 6.45) is 8.66. The van der Waals surface area contributed by atoms with Gasteiger partial charge in [0.05, 0.1) is 12.1 Å². The zero-order chi connectivity index (χ0) is 19.8. The molecule has 29 heavy (non-hydrogen) atoms. The third kappa shape index (κ3) is 7.22. The predicted molar refractivity (Wildman–Crippen MR) is 119 cm³/mol. The molecular formula is C23H28Cl2FNO2. The Morgan fingerprint density at radius 2 is 1.97 bits per heavy atom. The van der Waals surface area contributed by atoms with Gasteiger partial charge in [-0.2, -0.15) is 0 Å². The lowest BCUT2D eigenvalue weighted by Crippen LogP contribution is -2.15. The molecule has 0 aromatic heterocycles. The van der Waals surface area contributed by atoms with Crippen LogP contribution < -0.4 is 14.8 Å². The van der Waals surface area contributed by atoms with Crippen molar-refractivity contribution in [2.45, 2.75) is 45.3 Å². The van der Waals surface area contributed by atoms with Crippen molar-refractivity contribution in [3.05, 3.63) is 70.0 Å². The van der Waals surface area contributed by atoms with Crippen molar-refractivity contribution in [3.63, 3.8) is 0 Å². The minimum absolute atomic E-state index is 0. The van der Waals surface area contributed by atoms with Gasteiger partial charge in [-0.25, -0.2) is 4.39 Å². The first-order valence-electron chi connectivity index (χ1n) is 9.78. The van der Waals surface area contributed by atoms with E-state index in [9.17, 15) is 4.39 Å². The Morgan fingerprint density at radius 3 is 2.69 bits per heavy atom. The molecule has 0 amide bonds. The largest absolute Gasteiger partial charge is 0.493 e. The van der Waals surface area contributed by atoms with Gasteiger partial charge in [0.15, 0.2) is 11.5 Å². The van der Waals surface area contributed by atoms with E-state index in [4.69, 9.17) is 21.1 Å². The average molecular weight is 440 g/mol. The fourth-order valence-corrected chi connectivity index (χ4v) is 3.57. The molecule has 0 saturated heterocycles. The van der Waals surface area contributed by atoms with Gasteiger partial charge in [0.25, 0.3) is 0 Å². The molecule has 0 bridgehead atoms. The number of benzene rings is 2. The van der Waals surface area contributed by atoms with E-state index in [0.717, 1.165) is 30.6 Å². The Hall–Kier alpha value is -1.75. The molecule has 1 aliphatic carbocycles. The van der Waals surface area contributed by atoms with Crippen molar-refractivity contribution in [2.24, 2.45) is 0 Å². The molecule has 0 heterocycles. The van der Waals surface area contributed by atoms with Crippen molar-refractivity contribution in [2.75, 3.05) is 13.7 Å². The molecule has 2 aromatic carbocycles. The number of hydrogen-bond acceptors (Lipinski definition) is 3. The molecule has 0 aliphatic heterocycles. The Balaban J connectivity index is 0.00000300. The zero-order valence-electron chi connectivity index (χ0n) is 16.7. The third-order valence-corrected chi connectivity index (χ3v) is 5.32. The number of rotatable bonds is 9. The number of ether oxygens (including phenoxy) is 2. The van der Waals surface area contributed by atoms with Gasteiger partial charge in [0.2, 0.25) is 0 Å². The first-order chi connectivity index (χ1) is 13.7. The third-order valence-electron chi connectivity index (χ3n) is 4.96. The molecule has 0 spiro atoms. The molecule has 0 radical (unpaired) electrons. The predicted octanol–water partition coefficient (Wildman–Crippen LogP) is 6.47. The molecule has 0 saturated carbocycles. The van der Waals surface area contributed by atoms with E-state index in [1.54, 1.807) is 18.7 Å². The van der Waals surface area contributed by atoms with Crippen molar-refractivity contribution in [1.82, 2.24) is 5.32 Å². The maximum absolute atomic E-state index is 13.2.